The Morgan fingerprint density at radius 3 is 1.05 bits per heavy atom. The zero-order valence-electron chi connectivity index (χ0n) is 94.0. The fourth-order valence-electron chi connectivity index (χ4n) is 13.5. The van der Waals surface area contributed by atoms with Crippen LogP contribution >= 0.6 is 0 Å². The number of ketones is 1. The van der Waals surface area contributed by atoms with E-state index in [1.54, 1.807) is 50.7 Å². The van der Waals surface area contributed by atoms with Gasteiger partial charge in [-0.3, -0.25) is 19.2 Å². The number of ether oxygens (including phenoxy) is 6. The van der Waals surface area contributed by atoms with Gasteiger partial charge in [0.05, 0.1) is 69.2 Å². The van der Waals surface area contributed by atoms with E-state index in [2.05, 4.69) is 129 Å². The molecule has 0 radical (unpaired) electrons. The number of Topliss-reactive ketones (excluding diaryl/α,β-unsaturated/α-hetero) is 1. The van der Waals surface area contributed by atoms with Crippen LogP contribution in [0.5, 0.6) is 0 Å². The van der Waals surface area contributed by atoms with Gasteiger partial charge in [0.1, 0.15) is 18.0 Å². The lowest BCUT2D eigenvalue weighted by atomic mass is 9.99. The number of allylic oxidation sites excluding steroid dienone is 14. The predicted molar refractivity (Wildman–Crippen MR) is 580 cm³/mol. The van der Waals surface area contributed by atoms with Gasteiger partial charge < -0.3 is 99.9 Å². The van der Waals surface area contributed by atoms with Crippen LogP contribution in [0.1, 0.15) is 378 Å². The van der Waals surface area contributed by atoms with E-state index >= 15 is 0 Å². The number of carbonyl (C=O) groups is 8. The number of methoxy groups -OCH3 is 3. The molecule has 28 nitrogen and oxygen atoms in total. The molecule has 14 N–H and O–H groups in total. The fourth-order valence-corrected chi connectivity index (χ4v) is 13.5. The molecule has 0 bridgehead atoms. The summed E-state index contributed by atoms with van der Waals surface area (Å²) in [4.78, 5) is 84.0. The van der Waals surface area contributed by atoms with Crippen LogP contribution in [0.2, 0.25) is 0 Å². The molecule has 28 heteroatoms. The molecule has 0 aliphatic carbocycles. The van der Waals surface area contributed by atoms with E-state index in [0.717, 1.165) is 178 Å². The van der Waals surface area contributed by atoms with E-state index < -0.39 is 36.3 Å². The first kappa shape index (κ1) is 154. The van der Waals surface area contributed by atoms with E-state index in [-0.39, 0.29) is 86.6 Å². The highest BCUT2D eigenvalue weighted by molar-refractivity contribution is 5.81. The molecule has 3 rings (SSSR count). The van der Waals surface area contributed by atoms with Gasteiger partial charge in [-0.15, -0.1) is 0 Å². The molecule has 0 aromatic heterocycles. The minimum Gasteiger partial charge on any atom is -0.478 e. The summed E-state index contributed by atoms with van der Waals surface area (Å²) in [5.74, 6) is 2.91. The van der Waals surface area contributed by atoms with Gasteiger partial charge in [-0.1, -0.05) is 263 Å². The molecular weight excluding hydrogens is 1830 g/mol. The van der Waals surface area contributed by atoms with E-state index in [0.29, 0.717) is 147 Å². The summed E-state index contributed by atoms with van der Waals surface area (Å²) >= 11 is 0. The van der Waals surface area contributed by atoms with Crippen molar-refractivity contribution in [3.05, 3.63) is 122 Å². The first-order valence-corrected chi connectivity index (χ1v) is 52.8. The first-order chi connectivity index (χ1) is 67.0. The summed E-state index contributed by atoms with van der Waals surface area (Å²) in [7, 11) is 4.74. The molecular formula is C115H212O28. The number of carboxylic acids is 4. The normalized spacial score (nSPS) is 16.8. The highest BCUT2D eigenvalue weighted by Crippen LogP contribution is 2.25. The van der Waals surface area contributed by atoms with Crippen molar-refractivity contribution in [2.45, 2.75) is 445 Å². The summed E-state index contributed by atoms with van der Waals surface area (Å²) < 4.78 is 30.4. The second-order valence-corrected chi connectivity index (χ2v) is 41.4. The molecule has 0 spiro atoms. The zero-order valence-corrected chi connectivity index (χ0v) is 94.0. The SMILES string of the molecule is CC(C)CC(=O)CCC/C=C/C=C/C(=O)O.CC(C)CC(O)C/C=C/C=C/C=C/C(=O)O.CC(C)CO.CC(C)C[C@H](O)CCC/C=C/C=C/C(=O)O.CC(C)C[C@H](O)CCCCO.CC(C)C[C@H](O)CO.CC(C)C[C@H]1CCC(=O)O1.CC(C)C[C@H]1CCCC(=O)O1.CC(C)C[C@H]1CCCC(O)O1.COC(=O)CCC[C@@H](O)CC(C)C.COC(C/C=C/C=C/C=C/C(=O)O)CC(C)C.CO[C@H](CO)CC(C)C. The lowest BCUT2D eigenvalue weighted by molar-refractivity contribution is -0.166. The van der Waals surface area contributed by atoms with Gasteiger partial charge in [-0.25, -0.2) is 19.2 Å². The number of unbranched alkanes of at least 4 members (excludes halogenated alkanes) is 3. The van der Waals surface area contributed by atoms with Gasteiger partial charge in [0.2, 0.25) is 0 Å². The molecule has 143 heavy (non-hydrogen) atoms. The van der Waals surface area contributed by atoms with Crippen molar-refractivity contribution in [3.63, 3.8) is 0 Å². The van der Waals surface area contributed by atoms with E-state index in [1.807, 2.05) is 78.0 Å². The maximum absolute atomic E-state index is 11.3. The number of aliphatic carboxylic acids is 4. The molecule has 0 amide bonds. The van der Waals surface area contributed by atoms with Crippen LogP contribution in [0.3, 0.4) is 0 Å². The topological polar surface area (TPSA) is 475 Å². The summed E-state index contributed by atoms with van der Waals surface area (Å²) in [6.45, 7) is 50.9. The van der Waals surface area contributed by atoms with Gasteiger partial charge in [-0.05, 0) is 251 Å². The predicted octanol–water partition coefficient (Wildman–Crippen LogP) is 22.6. The molecule has 0 aromatic rings. The molecule has 3 aliphatic heterocycles. The Morgan fingerprint density at radius 1 is 0.343 bits per heavy atom. The number of hydrogen-bond acceptors (Lipinski definition) is 24. The van der Waals surface area contributed by atoms with E-state index in [9.17, 15) is 63.9 Å². The van der Waals surface area contributed by atoms with Crippen molar-refractivity contribution in [3.8, 4) is 0 Å². The Balaban J connectivity index is -0.000000198. The van der Waals surface area contributed by atoms with Crippen molar-refractivity contribution < 1.29 is 138 Å². The third-order valence-corrected chi connectivity index (χ3v) is 20.0. The number of rotatable bonds is 57. The minimum atomic E-state index is -0.957. The number of carboxylic acid groups (broad SMARTS) is 4. The Morgan fingerprint density at radius 2 is 0.699 bits per heavy atom. The summed E-state index contributed by atoms with van der Waals surface area (Å²) in [5.41, 5.74) is 0. The maximum Gasteiger partial charge on any atom is 0.328 e. The minimum absolute atomic E-state index is 0.0121. The largest absolute Gasteiger partial charge is 0.478 e. The zero-order chi connectivity index (χ0) is 111. The van der Waals surface area contributed by atoms with Crippen molar-refractivity contribution in [1.82, 2.24) is 0 Å². The van der Waals surface area contributed by atoms with Gasteiger partial charge >= 0.3 is 41.8 Å². The smallest absolute Gasteiger partial charge is 0.328 e. The summed E-state index contributed by atoms with van der Waals surface area (Å²) in [5, 5.41) is 123. The van der Waals surface area contributed by atoms with Crippen LogP contribution in [0, 0.1) is 71.0 Å². The Bertz CT molecular complexity index is 3240. The van der Waals surface area contributed by atoms with Crippen molar-refractivity contribution in [2.75, 3.05) is 47.8 Å². The van der Waals surface area contributed by atoms with Crippen molar-refractivity contribution in [1.29, 1.82) is 0 Å². The first-order valence-electron chi connectivity index (χ1n) is 52.8. The standard InChI is InChI=1S/C14H22O3.C13H22O3.2C13H20O3.C10H20O3.C9H18O2.C9H16O2.C9H20O2.C8H14O2.C7H16O2.C6H14O2.C4H10O/c1-12(2)11-13(17-3)9-7-5-4-6-8-10-14(15)16;3*1-11(2)10-12(14)8-6-4-3-5-7-9-13(15)16;1-8(2)7-9(11)5-4-6-10(12)13-3;2*1-7(2)6-8-4-3-5-9(10)11-8;1-8(2)7-9(11)5-3-4-6-10;1-6(2)5-7-3-4-8(9)10-7;1-6(2)4-7(5-8)9-3;1-5(2)3-6(8)4-7;1-4(2)3-5/h4-8,10,12-13H,9,11H2,1-3H3,(H,15,16);3,5,7,9,11-12,14H,4,6,8,10H2,1-2H3,(H,15,16);3,5,7,9,11H,4,6,8,10H2,1-2H3,(H,15,16);3-7,9,11-12,14H,8,10H2,1-2H3,(H,15,16);8-9,11H,4-7H2,1-3H3;7-10H,3-6H2,1-2H3;7-8H,3-6H2,1-2H3;8-11H,3-7H2,1-2H3;6-7H,3-5H2,1-2H3;6-8H,4-5H2,1-3H3;5-8H,3-4H2,1-2H3;4-5H,3H2,1-2H3/b6-4+,7-5+,10-8+;2*5-3+,9-7+;5-3+,6-4+,9-7+;;;;;;;;/t;12-;;;9-;8-,9?;8-;9-;2*7-;6-;/m.1..1111100./s1. The number of cyclic esters (lactones) is 2. The Kier molecular flexibility index (Phi) is 117. The average molecular weight is 2040 g/mol. The molecule has 11 atom stereocenters. The number of aliphatic hydroxyl groups is 10. The third kappa shape index (κ3) is 143. The summed E-state index contributed by atoms with van der Waals surface area (Å²) in [6.07, 6.45) is 58.9. The van der Waals surface area contributed by atoms with Crippen LogP contribution in [0.15, 0.2) is 122 Å². The van der Waals surface area contributed by atoms with Gasteiger partial charge in [0, 0.05) is 83.8 Å². The van der Waals surface area contributed by atoms with Gasteiger partial charge in [0.25, 0.3) is 0 Å². The van der Waals surface area contributed by atoms with E-state index in [4.69, 9.17) is 69.6 Å². The number of hydrogen-bond donors (Lipinski definition) is 14. The molecule has 3 fully saturated rings. The summed E-state index contributed by atoms with van der Waals surface area (Å²) in [6, 6.07) is 0. The Labute approximate surface area is 867 Å². The molecule has 3 saturated heterocycles. The quantitative estimate of drug-likeness (QED) is 0.00884. The second kappa shape index (κ2) is 109. The molecule has 3 aliphatic rings. The molecule has 3 unspecified atom stereocenters. The van der Waals surface area contributed by atoms with Crippen LogP contribution < -0.4 is 0 Å². The fraction of sp³-hybridized carbons (Fsp3) is 0.757. The van der Waals surface area contributed by atoms with Gasteiger partial charge in [-0.2, -0.15) is 0 Å². The second-order valence-electron chi connectivity index (χ2n) is 41.4. The van der Waals surface area contributed by atoms with E-state index in [1.165, 1.54) is 31.4 Å². The highest BCUT2D eigenvalue weighted by atomic mass is 16.6. The maximum atomic E-state index is 11.3. The molecule has 0 aromatic carbocycles. The number of aliphatic hydroxyl groups excluding tert-OH is 10. The number of esters is 3. The van der Waals surface area contributed by atoms with Crippen LogP contribution in [-0.4, -0.2) is 234 Å². The van der Waals surface area contributed by atoms with Gasteiger partial charge in [0.15, 0.2) is 6.29 Å². The van der Waals surface area contributed by atoms with Crippen molar-refractivity contribution in [2.24, 2.45) is 71.0 Å². The highest BCUT2D eigenvalue weighted by Gasteiger charge is 2.25. The molecule has 3 heterocycles. The lowest BCUT2D eigenvalue weighted by Crippen LogP contribution is -2.28. The van der Waals surface area contributed by atoms with Crippen LogP contribution in [-0.2, 0) is 66.8 Å². The van der Waals surface area contributed by atoms with Crippen LogP contribution in [0.25, 0.3) is 0 Å². The van der Waals surface area contributed by atoms with Crippen molar-refractivity contribution >= 4 is 47.6 Å². The Hall–Kier alpha value is -7.16. The average Bonchev–Trinajstić information content (AvgIpc) is 1.76. The molecule has 840 valence electrons. The molecule has 0 saturated carbocycles. The third-order valence-electron chi connectivity index (χ3n) is 20.0. The van der Waals surface area contributed by atoms with Crippen LogP contribution in [0.4, 0.5) is 0 Å². The lowest BCUT2D eigenvalue weighted by Gasteiger charge is -2.27. The monoisotopic (exact) mass is 2040 g/mol. The number of carbonyl (C=O) groups excluding carboxylic acids is 4.